The van der Waals surface area contributed by atoms with E-state index in [1.54, 1.807) is 13.1 Å². The Kier molecular flexibility index (Phi) is 2.32. The van der Waals surface area contributed by atoms with E-state index in [1.807, 2.05) is 0 Å². The fraction of sp³-hybridized carbons (Fsp3) is 0.500. The monoisotopic (exact) mass is 154 g/mol. The van der Waals surface area contributed by atoms with Crippen molar-refractivity contribution in [3.05, 3.63) is 11.9 Å². The Balaban J connectivity index is 2.50. The maximum absolute atomic E-state index is 11.0. The summed E-state index contributed by atoms with van der Waals surface area (Å²) in [5, 5.41) is 9.64. The van der Waals surface area contributed by atoms with Gasteiger partial charge in [0.15, 0.2) is 5.78 Å². The molecule has 5 heteroatoms. The summed E-state index contributed by atoms with van der Waals surface area (Å²) in [4.78, 5) is 11.0. The zero-order valence-corrected chi connectivity index (χ0v) is 6.24. The molecule has 3 N–H and O–H groups in total. The highest BCUT2D eigenvalue weighted by molar-refractivity contribution is 5.84. The number of hydrogen-bond acceptors (Lipinski definition) is 4. The van der Waals surface area contributed by atoms with E-state index in [2.05, 4.69) is 15.4 Å². The molecule has 0 saturated carbocycles. The molecule has 1 rings (SSSR count). The summed E-state index contributed by atoms with van der Waals surface area (Å²) in [5.41, 5.74) is 5.98. The molecule has 0 saturated heterocycles. The molecule has 0 aromatic carbocycles. The molecular weight excluding hydrogens is 144 g/mol. The van der Waals surface area contributed by atoms with Crippen molar-refractivity contribution in [2.24, 2.45) is 5.73 Å². The Bertz CT molecular complexity index is 229. The van der Waals surface area contributed by atoms with Gasteiger partial charge in [0, 0.05) is 6.20 Å². The number of ketones is 1. The van der Waals surface area contributed by atoms with Crippen molar-refractivity contribution in [1.29, 1.82) is 0 Å². The molecule has 0 spiro atoms. The molecule has 1 aromatic rings. The fourth-order valence-electron chi connectivity index (χ4n) is 0.651. The number of aromatic amines is 1. The molecule has 0 aliphatic carbocycles. The van der Waals surface area contributed by atoms with Gasteiger partial charge in [-0.1, -0.05) is 5.21 Å². The van der Waals surface area contributed by atoms with Gasteiger partial charge in [-0.3, -0.25) is 9.89 Å². The number of aromatic nitrogens is 3. The average molecular weight is 154 g/mol. The molecule has 0 amide bonds. The summed E-state index contributed by atoms with van der Waals surface area (Å²) in [7, 11) is 0. The minimum Gasteiger partial charge on any atom is -0.322 e. The third-order valence-electron chi connectivity index (χ3n) is 1.33. The Morgan fingerprint density at radius 2 is 2.64 bits per heavy atom. The van der Waals surface area contributed by atoms with Gasteiger partial charge in [0.25, 0.3) is 0 Å². The number of hydrogen-bond donors (Lipinski definition) is 2. The standard InChI is InChI=1S/C6H10N4O/c1-4(7)6(11)2-5-3-8-10-9-5/h3-4H,2,7H2,1H3,(H,8,9,10)/t4-/m0/s1. The number of rotatable bonds is 3. The summed E-state index contributed by atoms with van der Waals surface area (Å²) in [6.07, 6.45) is 1.84. The van der Waals surface area contributed by atoms with Crippen LogP contribution < -0.4 is 5.73 Å². The van der Waals surface area contributed by atoms with Crippen LogP contribution in [0.25, 0.3) is 0 Å². The van der Waals surface area contributed by atoms with E-state index in [4.69, 9.17) is 5.73 Å². The lowest BCUT2D eigenvalue weighted by Crippen LogP contribution is -2.28. The molecule has 0 aliphatic rings. The Morgan fingerprint density at radius 3 is 3.09 bits per heavy atom. The molecule has 1 heterocycles. The first-order valence-electron chi connectivity index (χ1n) is 3.34. The van der Waals surface area contributed by atoms with Gasteiger partial charge in [-0.25, -0.2) is 0 Å². The molecule has 60 valence electrons. The van der Waals surface area contributed by atoms with Crippen LogP contribution in [-0.4, -0.2) is 27.2 Å². The van der Waals surface area contributed by atoms with Gasteiger partial charge in [0.2, 0.25) is 0 Å². The molecule has 0 fully saturated rings. The van der Waals surface area contributed by atoms with Gasteiger partial charge in [0.1, 0.15) is 0 Å². The Hall–Kier alpha value is -1.23. The van der Waals surface area contributed by atoms with Gasteiger partial charge in [-0.2, -0.15) is 0 Å². The zero-order valence-electron chi connectivity index (χ0n) is 6.24. The highest BCUT2D eigenvalue weighted by atomic mass is 16.1. The fourth-order valence-corrected chi connectivity index (χ4v) is 0.651. The second kappa shape index (κ2) is 3.25. The van der Waals surface area contributed by atoms with Gasteiger partial charge in [-0.15, -0.1) is 5.10 Å². The number of carbonyl (C=O) groups is 1. The van der Waals surface area contributed by atoms with Crippen LogP contribution in [0, 0.1) is 0 Å². The Morgan fingerprint density at radius 1 is 1.91 bits per heavy atom. The number of nitrogens with one attached hydrogen (secondary N) is 1. The summed E-state index contributed by atoms with van der Waals surface area (Å²) < 4.78 is 0. The third kappa shape index (κ3) is 2.12. The van der Waals surface area contributed by atoms with Gasteiger partial charge >= 0.3 is 0 Å². The minimum absolute atomic E-state index is 0.0288. The number of H-pyrrole nitrogens is 1. The van der Waals surface area contributed by atoms with Crippen molar-refractivity contribution < 1.29 is 4.79 Å². The first-order chi connectivity index (χ1) is 5.20. The molecule has 5 nitrogen and oxygen atoms in total. The van der Waals surface area contributed by atoms with Crippen molar-refractivity contribution in [3.8, 4) is 0 Å². The topological polar surface area (TPSA) is 84.7 Å². The maximum atomic E-state index is 11.0. The van der Waals surface area contributed by atoms with E-state index in [-0.39, 0.29) is 12.2 Å². The SMILES string of the molecule is C[C@H](N)C(=O)Cc1c[nH]nn1. The van der Waals surface area contributed by atoms with Crippen LogP contribution in [0.1, 0.15) is 12.6 Å². The van der Waals surface area contributed by atoms with Crippen molar-refractivity contribution in [2.45, 2.75) is 19.4 Å². The molecular formula is C6H10N4O. The third-order valence-corrected chi connectivity index (χ3v) is 1.33. The van der Waals surface area contributed by atoms with E-state index < -0.39 is 6.04 Å². The highest BCUT2D eigenvalue weighted by Gasteiger charge is 2.09. The lowest BCUT2D eigenvalue weighted by Gasteiger charge is -1.99. The van der Waals surface area contributed by atoms with Crippen LogP contribution >= 0.6 is 0 Å². The van der Waals surface area contributed by atoms with E-state index in [0.29, 0.717) is 5.69 Å². The van der Waals surface area contributed by atoms with Crippen LogP contribution in [0.4, 0.5) is 0 Å². The summed E-state index contributed by atoms with van der Waals surface area (Å²) >= 11 is 0. The highest BCUT2D eigenvalue weighted by Crippen LogP contribution is 1.93. The lowest BCUT2D eigenvalue weighted by atomic mass is 10.1. The van der Waals surface area contributed by atoms with E-state index in [9.17, 15) is 4.79 Å². The lowest BCUT2D eigenvalue weighted by molar-refractivity contribution is -0.119. The normalized spacial score (nSPS) is 12.9. The summed E-state index contributed by atoms with van der Waals surface area (Å²) in [6.45, 7) is 1.66. The molecule has 0 radical (unpaired) electrons. The van der Waals surface area contributed by atoms with Gasteiger partial charge < -0.3 is 5.73 Å². The molecule has 0 unspecified atom stereocenters. The van der Waals surface area contributed by atoms with Crippen molar-refractivity contribution in [1.82, 2.24) is 15.4 Å². The average Bonchev–Trinajstić information content (AvgIpc) is 2.39. The Labute approximate surface area is 64.0 Å². The molecule has 11 heavy (non-hydrogen) atoms. The van der Waals surface area contributed by atoms with E-state index >= 15 is 0 Å². The smallest absolute Gasteiger partial charge is 0.155 e. The van der Waals surface area contributed by atoms with Gasteiger partial charge in [0.05, 0.1) is 18.2 Å². The molecule has 0 aliphatic heterocycles. The second-order valence-corrected chi connectivity index (χ2v) is 2.40. The number of nitrogens with two attached hydrogens (primary N) is 1. The first kappa shape index (κ1) is 7.87. The van der Waals surface area contributed by atoms with Crippen LogP contribution in [0.3, 0.4) is 0 Å². The summed E-state index contributed by atoms with van der Waals surface area (Å²) in [5.74, 6) is -0.0288. The zero-order chi connectivity index (χ0) is 8.27. The number of carbonyl (C=O) groups excluding carboxylic acids is 1. The number of nitrogens with zero attached hydrogens (tertiary/aromatic N) is 2. The largest absolute Gasteiger partial charge is 0.322 e. The quantitative estimate of drug-likeness (QED) is 0.600. The van der Waals surface area contributed by atoms with E-state index in [0.717, 1.165) is 0 Å². The van der Waals surface area contributed by atoms with Crippen LogP contribution in [-0.2, 0) is 11.2 Å². The second-order valence-electron chi connectivity index (χ2n) is 2.40. The molecule has 0 bridgehead atoms. The van der Waals surface area contributed by atoms with Gasteiger partial charge in [-0.05, 0) is 6.92 Å². The van der Waals surface area contributed by atoms with Crippen LogP contribution in [0.2, 0.25) is 0 Å². The van der Waals surface area contributed by atoms with Crippen LogP contribution in [0.5, 0.6) is 0 Å². The minimum atomic E-state index is -0.424. The van der Waals surface area contributed by atoms with Crippen molar-refractivity contribution >= 4 is 5.78 Å². The first-order valence-corrected chi connectivity index (χ1v) is 3.34. The van der Waals surface area contributed by atoms with Crippen molar-refractivity contribution in [2.75, 3.05) is 0 Å². The van der Waals surface area contributed by atoms with E-state index in [1.165, 1.54) is 0 Å². The maximum Gasteiger partial charge on any atom is 0.155 e. The summed E-state index contributed by atoms with van der Waals surface area (Å²) in [6, 6.07) is -0.424. The number of Topliss-reactive ketones (excluding diaryl/α,β-unsaturated/α-hetero) is 1. The predicted octanol–water partition coefficient (Wildman–Crippen LogP) is -0.736. The van der Waals surface area contributed by atoms with Crippen molar-refractivity contribution in [3.63, 3.8) is 0 Å². The predicted molar refractivity (Wildman–Crippen MR) is 38.7 cm³/mol. The molecule has 1 aromatic heterocycles. The van der Waals surface area contributed by atoms with Crippen LogP contribution in [0.15, 0.2) is 6.20 Å². The molecule has 1 atom stereocenters.